The van der Waals surface area contributed by atoms with Gasteiger partial charge in [0.25, 0.3) is 0 Å². The molecule has 0 radical (unpaired) electrons. The van der Waals surface area contributed by atoms with Crippen molar-refractivity contribution in [1.29, 1.82) is 0 Å². The van der Waals surface area contributed by atoms with Crippen molar-refractivity contribution in [3.05, 3.63) is 84.1 Å². The molecule has 0 saturated carbocycles. The molecule has 7 nitrogen and oxygen atoms in total. The number of pyridine rings is 1. The molecule has 0 fully saturated rings. The van der Waals surface area contributed by atoms with Crippen molar-refractivity contribution in [2.45, 2.75) is 16.7 Å². The van der Waals surface area contributed by atoms with Crippen LogP contribution in [0.4, 0.5) is 0 Å². The maximum atomic E-state index is 13.9. The van der Waals surface area contributed by atoms with Gasteiger partial charge < -0.3 is 14.2 Å². The highest BCUT2D eigenvalue weighted by Crippen LogP contribution is 2.34. The van der Waals surface area contributed by atoms with Crippen molar-refractivity contribution in [2.24, 2.45) is 0 Å². The average molecular weight is 478 g/mol. The van der Waals surface area contributed by atoms with Crippen LogP contribution in [0.5, 0.6) is 17.2 Å². The molecule has 174 valence electrons. The van der Waals surface area contributed by atoms with Crippen LogP contribution in [0.25, 0.3) is 10.9 Å². The molecule has 0 aliphatic carbocycles. The summed E-state index contributed by atoms with van der Waals surface area (Å²) in [6.45, 7) is 2.36. The number of benzene rings is 3. The predicted molar refractivity (Wildman–Crippen MR) is 128 cm³/mol. The summed E-state index contributed by atoms with van der Waals surface area (Å²) in [7, 11) is -1.13. The highest BCUT2D eigenvalue weighted by molar-refractivity contribution is 7.91. The van der Waals surface area contributed by atoms with E-state index < -0.39 is 15.6 Å². The monoisotopic (exact) mass is 477 g/mol. The van der Waals surface area contributed by atoms with Gasteiger partial charge in [-0.25, -0.2) is 8.42 Å². The summed E-state index contributed by atoms with van der Waals surface area (Å²) in [5.74, 6) is 1.12. The molecule has 3 aromatic carbocycles. The first-order valence-electron chi connectivity index (χ1n) is 10.5. The summed E-state index contributed by atoms with van der Waals surface area (Å²) in [4.78, 5) is 17.8. The Labute approximate surface area is 197 Å². The van der Waals surface area contributed by atoms with Gasteiger partial charge in [0.2, 0.25) is 9.84 Å². The van der Waals surface area contributed by atoms with Gasteiger partial charge >= 0.3 is 0 Å². The molecule has 0 atom stereocenters. The number of rotatable bonds is 8. The lowest BCUT2D eigenvalue weighted by Crippen LogP contribution is -2.13. The maximum Gasteiger partial charge on any atom is 0.208 e. The fraction of sp³-hybridized carbons (Fsp3) is 0.154. The van der Waals surface area contributed by atoms with Crippen molar-refractivity contribution < 1.29 is 27.4 Å². The number of carbonyl (C=O) groups is 1. The Hall–Kier alpha value is -3.91. The summed E-state index contributed by atoms with van der Waals surface area (Å²) in [5.41, 5.74) is 0.718. The number of nitrogens with zero attached hydrogens (tertiary/aromatic N) is 1. The number of hydrogen-bond acceptors (Lipinski definition) is 7. The van der Waals surface area contributed by atoms with Crippen molar-refractivity contribution in [3.8, 4) is 17.2 Å². The number of sulfone groups is 1. The van der Waals surface area contributed by atoms with E-state index in [1.165, 1.54) is 32.5 Å². The second kappa shape index (κ2) is 9.52. The molecule has 0 saturated heterocycles. The smallest absolute Gasteiger partial charge is 0.208 e. The van der Waals surface area contributed by atoms with Crippen molar-refractivity contribution in [3.63, 3.8) is 0 Å². The number of methoxy groups -OCH3 is 2. The Morgan fingerprint density at radius 1 is 0.853 bits per heavy atom. The highest BCUT2D eigenvalue weighted by Gasteiger charge is 2.29. The molecule has 8 heteroatoms. The van der Waals surface area contributed by atoms with Crippen LogP contribution in [0, 0.1) is 0 Å². The van der Waals surface area contributed by atoms with Crippen LogP contribution < -0.4 is 14.2 Å². The van der Waals surface area contributed by atoms with Crippen LogP contribution in [0.1, 0.15) is 22.8 Å². The summed E-state index contributed by atoms with van der Waals surface area (Å²) in [5, 5.41) is 0.298. The zero-order valence-corrected chi connectivity index (χ0v) is 19.8. The van der Waals surface area contributed by atoms with Gasteiger partial charge in [-0.3, -0.25) is 9.78 Å². The lowest BCUT2D eigenvalue weighted by Gasteiger charge is -2.14. The molecule has 0 bridgehead atoms. The Morgan fingerprint density at radius 3 is 2.09 bits per heavy atom. The third-order valence-electron chi connectivity index (χ3n) is 5.34. The summed E-state index contributed by atoms with van der Waals surface area (Å²) < 4.78 is 43.6. The normalized spacial score (nSPS) is 11.3. The van der Waals surface area contributed by atoms with Gasteiger partial charge in [-0.2, -0.15) is 0 Å². The van der Waals surface area contributed by atoms with Gasteiger partial charge in [-0.15, -0.1) is 0 Å². The van der Waals surface area contributed by atoms with Gasteiger partial charge in [-0.05, 0) is 73.7 Å². The van der Waals surface area contributed by atoms with E-state index in [0.29, 0.717) is 40.3 Å². The van der Waals surface area contributed by atoms with Crippen LogP contribution in [-0.2, 0) is 9.84 Å². The number of fused-ring (bicyclic) bond motifs is 1. The van der Waals surface area contributed by atoms with Gasteiger partial charge in [0, 0.05) is 17.1 Å². The summed E-state index contributed by atoms with van der Waals surface area (Å²) in [6, 6.07) is 17.5. The van der Waals surface area contributed by atoms with Gasteiger partial charge in [-0.1, -0.05) is 0 Å². The van der Waals surface area contributed by atoms with Crippen molar-refractivity contribution in [2.75, 3.05) is 20.8 Å². The standard InChI is InChI=1S/C26H23NO6S/c1-4-33-19-7-5-17(6-8-19)25(28)23-16-27-24-14-11-20(32-3)15-22(24)26(23)34(29,30)21-12-9-18(31-2)10-13-21/h5-16H,4H2,1-3H3. The quantitative estimate of drug-likeness (QED) is 0.339. The van der Waals surface area contributed by atoms with E-state index in [9.17, 15) is 13.2 Å². The number of ketones is 1. The Balaban J connectivity index is 1.95. The Morgan fingerprint density at radius 2 is 1.47 bits per heavy atom. The van der Waals surface area contributed by atoms with Crippen LogP contribution in [0.2, 0.25) is 0 Å². The minimum atomic E-state index is -4.11. The lowest BCUT2D eigenvalue weighted by atomic mass is 10.0. The Kier molecular flexibility index (Phi) is 6.51. The lowest BCUT2D eigenvalue weighted by molar-refractivity contribution is 0.103. The van der Waals surface area contributed by atoms with E-state index >= 15 is 0 Å². The molecule has 0 N–H and O–H groups in total. The minimum Gasteiger partial charge on any atom is -0.497 e. The summed E-state index contributed by atoms with van der Waals surface area (Å²) >= 11 is 0. The van der Waals surface area contributed by atoms with Crippen LogP contribution in [0.3, 0.4) is 0 Å². The third-order valence-corrected chi connectivity index (χ3v) is 7.21. The molecule has 1 aromatic heterocycles. The molecule has 0 aliphatic rings. The van der Waals surface area contributed by atoms with E-state index in [0.717, 1.165) is 0 Å². The number of aromatic nitrogens is 1. The molecule has 0 amide bonds. The highest BCUT2D eigenvalue weighted by atomic mass is 32.2. The fourth-order valence-electron chi connectivity index (χ4n) is 3.62. The van der Waals surface area contributed by atoms with Gasteiger partial charge in [0.15, 0.2) is 5.78 Å². The van der Waals surface area contributed by atoms with E-state index in [1.807, 2.05) is 6.92 Å². The van der Waals surface area contributed by atoms with E-state index in [1.54, 1.807) is 54.6 Å². The average Bonchev–Trinajstić information content (AvgIpc) is 2.87. The molecule has 0 spiro atoms. The molecule has 0 aliphatic heterocycles. The predicted octanol–water partition coefficient (Wildman–Crippen LogP) is 4.71. The Bertz CT molecular complexity index is 1450. The number of hydrogen-bond donors (Lipinski definition) is 0. The molecular weight excluding hydrogens is 454 g/mol. The zero-order chi connectivity index (χ0) is 24.3. The van der Waals surface area contributed by atoms with E-state index in [2.05, 4.69) is 4.98 Å². The first-order chi connectivity index (χ1) is 16.4. The maximum absolute atomic E-state index is 13.9. The molecular formula is C26H23NO6S. The van der Waals surface area contributed by atoms with Crippen molar-refractivity contribution in [1.82, 2.24) is 4.98 Å². The van der Waals surface area contributed by atoms with E-state index in [4.69, 9.17) is 14.2 Å². The second-order valence-corrected chi connectivity index (χ2v) is 9.24. The zero-order valence-electron chi connectivity index (χ0n) is 18.9. The molecule has 1 heterocycles. The number of carbonyl (C=O) groups excluding carboxylic acids is 1. The molecule has 34 heavy (non-hydrogen) atoms. The van der Waals surface area contributed by atoms with Crippen LogP contribution >= 0.6 is 0 Å². The minimum absolute atomic E-state index is 0.0271. The second-order valence-electron chi connectivity index (χ2n) is 7.35. The first kappa shape index (κ1) is 23.3. The van der Waals surface area contributed by atoms with Crippen LogP contribution in [-0.4, -0.2) is 40.0 Å². The van der Waals surface area contributed by atoms with Gasteiger partial charge in [0.1, 0.15) is 17.2 Å². The van der Waals surface area contributed by atoms with E-state index in [-0.39, 0.29) is 15.4 Å². The molecule has 4 rings (SSSR count). The molecule has 0 unspecified atom stereocenters. The first-order valence-corrected chi connectivity index (χ1v) is 12.0. The topological polar surface area (TPSA) is 91.8 Å². The number of ether oxygens (including phenoxy) is 3. The van der Waals surface area contributed by atoms with Crippen LogP contribution in [0.15, 0.2) is 82.7 Å². The third kappa shape index (κ3) is 4.32. The molecule has 4 aromatic rings. The fourth-order valence-corrected chi connectivity index (χ4v) is 5.24. The van der Waals surface area contributed by atoms with Crippen molar-refractivity contribution >= 4 is 26.5 Å². The SMILES string of the molecule is CCOc1ccc(C(=O)c2cnc3ccc(OC)cc3c2S(=O)(=O)c2ccc(OC)cc2)cc1. The largest absolute Gasteiger partial charge is 0.497 e. The summed E-state index contributed by atoms with van der Waals surface area (Å²) in [6.07, 6.45) is 1.31. The van der Waals surface area contributed by atoms with Gasteiger partial charge in [0.05, 0.1) is 41.7 Å².